The predicted molar refractivity (Wildman–Crippen MR) is 94.5 cm³/mol. The van der Waals surface area contributed by atoms with Crippen LogP contribution in [0.2, 0.25) is 0 Å². The van der Waals surface area contributed by atoms with Crippen LogP contribution in [0.1, 0.15) is 61.6 Å². The van der Waals surface area contributed by atoms with Crippen LogP contribution in [0.3, 0.4) is 0 Å². The first kappa shape index (κ1) is 15.3. The van der Waals surface area contributed by atoms with Crippen molar-refractivity contribution in [1.29, 1.82) is 0 Å². The molecule has 0 spiro atoms. The second-order valence-electron chi connectivity index (χ2n) is 7.40. The third-order valence-corrected chi connectivity index (χ3v) is 4.78. The summed E-state index contributed by atoms with van der Waals surface area (Å²) < 4.78 is 0. The Morgan fingerprint density at radius 2 is 1.77 bits per heavy atom. The van der Waals surface area contributed by atoms with E-state index >= 15 is 0 Å². The maximum absolute atomic E-state index is 3.70. The molecule has 0 aromatic heterocycles. The molecule has 1 unspecified atom stereocenters. The van der Waals surface area contributed by atoms with Crippen molar-refractivity contribution in [2.75, 3.05) is 6.54 Å². The average Bonchev–Trinajstić information content (AvgIpc) is 2.53. The van der Waals surface area contributed by atoms with Crippen molar-refractivity contribution < 1.29 is 0 Å². The molecule has 1 atom stereocenters. The molecule has 0 amide bonds. The van der Waals surface area contributed by atoms with E-state index in [-0.39, 0.29) is 5.41 Å². The van der Waals surface area contributed by atoms with E-state index in [1.165, 1.54) is 27.8 Å². The molecule has 0 saturated carbocycles. The first-order valence-corrected chi connectivity index (χ1v) is 8.44. The van der Waals surface area contributed by atoms with E-state index in [9.17, 15) is 0 Å². The molecule has 1 heteroatoms. The summed E-state index contributed by atoms with van der Waals surface area (Å²) in [5.74, 6) is 0. The fourth-order valence-corrected chi connectivity index (χ4v) is 3.29. The van der Waals surface area contributed by atoms with Crippen molar-refractivity contribution in [1.82, 2.24) is 5.32 Å². The van der Waals surface area contributed by atoms with Crippen LogP contribution in [0, 0.1) is 0 Å². The normalized spacial score (nSPS) is 18.1. The monoisotopic (exact) mass is 293 g/mol. The Kier molecular flexibility index (Phi) is 4.10. The van der Waals surface area contributed by atoms with E-state index < -0.39 is 0 Å². The SMILES string of the molecule is CCc1ccc2c(c1)C(c1ccc(C(C)(C)C)cc1)NCC2. The smallest absolute Gasteiger partial charge is 0.0579 e. The van der Waals surface area contributed by atoms with Crippen LogP contribution in [-0.2, 0) is 18.3 Å². The van der Waals surface area contributed by atoms with Gasteiger partial charge in [-0.1, -0.05) is 70.2 Å². The predicted octanol–water partition coefficient (Wildman–Crippen LogP) is 4.78. The largest absolute Gasteiger partial charge is 0.306 e. The minimum atomic E-state index is 0.214. The van der Waals surface area contributed by atoms with Crippen LogP contribution in [-0.4, -0.2) is 6.54 Å². The van der Waals surface area contributed by atoms with Crippen molar-refractivity contribution in [3.05, 3.63) is 70.3 Å². The minimum absolute atomic E-state index is 0.214. The molecule has 116 valence electrons. The lowest BCUT2D eigenvalue weighted by atomic mass is 9.84. The topological polar surface area (TPSA) is 12.0 Å². The molecule has 1 aliphatic heterocycles. The van der Waals surface area contributed by atoms with E-state index in [0.29, 0.717) is 6.04 Å². The maximum Gasteiger partial charge on any atom is 0.0579 e. The molecule has 0 aliphatic carbocycles. The lowest BCUT2D eigenvalue weighted by Gasteiger charge is -2.29. The van der Waals surface area contributed by atoms with Crippen molar-refractivity contribution in [2.45, 2.75) is 52.0 Å². The van der Waals surface area contributed by atoms with Gasteiger partial charge in [0.2, 0.25) is 0 Å². The van der Waals surface area contributed by atoms with Crippen molar-refractivity contribution in [2.24, 2.45) is 0 Å². The van der Waals surface area contributed by atoms with Gasteiger partial charge in [-0.25, -0.2) is 0 Å². The first-order valence-electron chi connectivity index (χ1n) is 8.44. The fraction of sp³-hybridized carbons (Fsp3) is 0.429. The quantitative estimate of drug-likeness (QED) is 0.840. The zero-order valence-corrected chi connectivity index (χ0v) is 14.2. The number of hydrogen-bond acceptors (Lipinski definition) is 1. The zero-order valence-electron chi connectivity index (χ0n) is 14.2. The van der Waals surface area contributed by atoms with Crippen molar-refractivity contribution in [3.8, 4) is 0 Å². The third kappa shape index (κ3) is 2.96. The summed E-state index contributed by atoms with van der Waals surface area (Å²) in [6.07, 6.45) is 2.23. The lowest BCUT2D eigenvalue weighted by Crippen LogP contribution is -2.30. The Morgan fingerprint density at radius 1 is 1.05 bits per heavy atom. The number of rotatable bonds is 2. The highest BCUT2D eigenvalue weighted by molar-refractivity contribution is 5.43. The summed E-state index contributed by atoms with van der Waals surface area (Å²) in [6, 6.07) is 16.5. The molecule has 0 radical (unpaired) electrons. The number of fused-ring (bicyclic) bond motifs is 1. The standard InChI is InChI=1S/C21H27N/c1-5-15-6-7-16-12-13-22-20(19(16)14-15)17-8-10-18(11-9-17)21(2,3)4/h6-11,14,20,22H,5,12-13H2,1-4H3. The Morgan fingerprint density at radius 3 is 2.41 bits per heavy atom. The Balaban J connectivity index is 1.97. The Labute approximate surface area is 134 Å². The van der Waals surface area contributed by atoms with Crippen LogP contribution in [0.15, 0.2) is 42.5 Å². The van der Waals surface area contributed by atoms with E-state index in [2.05, 4.69) is 75.5 Å². The van der Waals surface area contributed by atoms with Gasteiger partial charge in [0.1, 0.15) is 0 Å². The first-order chi connectivity index (χ1) is 10.5. The highest BCUT2D eigenvalue weighted by Gasteiger charge is 2.22. The van der Waals surface area contributed by atoms with Crippen molar-refractivity contribution >= 4 is 0 Å². The number of hydrogen-bond donors (Lipinski definition) is 1. The molecular weight excluding hydrogens is 266 g/mol. The minimum Gasteiger partial charge on any atom is -0.306 e. The average molecular weight is 293 g/mol. The second-order valence-corrected chi connectivity index (χ2v) is 7.40. The molecule has 2 aromatic rings. The number of benzene rings is 2. The van der Waals surface area contributed by atoms with Crippen LogP contribution >= 0.6 is 0 Å². The molecule has 3 rings (SSSR count). The number of nitrogens with one attached hydrogen (secondary N) is 1. The van der Waals surface area contributed by atoms with Gasteiger partial charge in [0.15, 0.2) is 0 Å². The second kappa shape index (κ2) is 5.89. The van der Waals surface area contributed by atoms with Gasteiger partial charge < -0.3 is 5.32 Å². The fourth-order valence-electron chi connectivity index (χ4n) is 3.29. The Bertz CT molecular complexity index is 647. The molecule has 0 fully saturated rings. The lowest BCUT2D eigenvalue weighted by molar-refractivity contribution is 0.564. The molecule has 1 N–H and O–H groups in total. The summed E-state index contributed by atoms with van der Waals surface area (Å²) in [4.78, 5) is 0. The summed E-state index contributed by atoms with van der Waals surface area (Å²) in [5.41, 5.74) is 7.39. The molecule has 1 nitrogen and oxygen atoms in total. The van der Waals surface area contributed by atoms with E-state index in [1.54, 1.807) is 0 Å². The highest BCUT2D eigenvalue weighted by Crippen LogP contribution is 2.31. The molecule has 2 aromatic carbocycles. The van der Waals surface area contributed by atoms with Crippen LogP contribution < -0.4 is 5.32 Å². The van der Waals surface area contributed by atoms with Gasteiger partial charge in [-0.2, -0.15) is 0 Å². The summed E-state index contributed by atoms with van der Waals surface area (Å²) in [5, 5.41) is 3.70. The van der Waals surface area contributed by atoms with Gasteiger partial charge in [-0.3, -0.25) is 0 Å². The van der Waals surface area contributed by atoms with Gasteiger partial charge in [0.25, 0.3) is 0 Å². The number of aryl methyl sites for hydroxylation is 1. The molecule has 0 saturated heterocycles. The van der Waals surface area contributed by atoms with Crippen LogP contribution in [0.4, 0.5) is 0 Å². The van der Waals surface area contributed by atoms with Crippen molar-refractivity contribution in [3.63, 3.8) is 0 Å². The highest BCUT2D eigenvalue weighted by atomic mass is 14.9. The molecule has 1 aliphatic rings. The summed E-state index contributed by atoms with van der Waals surface area (Å²) in [6.45, 7) is 10.1. The van der Waals surface area contributed by atoms with Gasteiger partial charge in [0.05, 0.1) is 6.04 Å². The third-order valence-electron chi connectivity index (χ3n) is 4.78. The van der Waals surface area contributed by atoms with Gasteiger partial charge in [0, 0.05) is 6.54 Å². The molecule has 1 heterocycles. The van der Waals surface area contributed by atoms with Gasteiger partial charge in [-0.05, 0) is 46.1 Å². The van der Waals surface area contributed by atoms with E-state index in [4.69, 9.17) is 0 Å². The summed E-state index contributed by atoms with van der Waals surface area (Å²) >= 11 is 0. The van der Waals surface area contributed by atoms with Crippen LogP contribution in [0.25, 0.3) is 0 Å². The zero-order chi connectivity index (χ0) is 15.7. The summed E-state index contributed by atoms with van der Waals surface area (Å²) in [7, 11) is 0. The van der Waals surface area contributed by atoms with Gasteiger partial charge in [-0.15, -0.1) is 0 Å². The molecule has 22 heavy (non-hydrogen) atoms. The van der Waals surface area contributed by atoms with E-state index in [0.717, 1.165) is 19.4 Å². The van der Waals surface area contributed by atoms with Crippen LogP contribution in [0.5, 0.6) is 0 Å². The Hall–Kier alpha value is -1.60. The maximum atomic E-state index is 3.70. The van der Waals surface area contributed by atoms with E-state index in [1.807, 2.05) is 0 Å². The molecular formula is C21H27N. The molecule has 0 bridgehead atoms. The van der Waals surface area contributed by atoms with Gasteiger partial charge >= 0.3 is 0 Å².